The molecule has 0 aliphatic heterocycles. The van der Waals surface area contributed by atoms with Gasteiger partial charge in [-0.05, 0) is 26.0 Å². The van der Waals surface area contributed by atoms with Crippen LogP contribution in [0.3, 0.4) is 0 Å². The summed E-state index contributed by atoms with van der Waals surface area (Å²) in [7, 11) is 1.51. The summed E-state index contributed by atoms with van der Waals surface area (Å²) < 4.78 is 5.05. The van der Waals surface area contributed by atoms with E-state index in [0.717, 1.165) is 12.2 Å². The number of methoxy groups -OCH3 is 1. The molecule has 0 radical (unpaired) electrons. The molecule has 2 aromatic rings. The van der Waals surface area contributed by atoms with E-state index in [1.807, 2.05) is 6.92 Å². The van der Waals surface area contributed by atoms with Gasteiger partial charge in [0.1, 0.15) is 5.69 Å². The lowest BCUT2D eigenvalue weighted by molar-refractivity contribution is 0.102. The summed E-state index contributed by atoms with van der Waals surface area (Å²) in [5.41, 5.74) is 1.82. The van der Waals surface area contributed by atoms with Crippen LogP contribution in [0.15, 0.2) is 24.4 Å². The average molecular weight is 287 g/mol. The Hall–Kier alpha value is -2.70. The minimum absolute atomic E-state index is 0.188. The first kappa shape index (κ1) is 14.7. The second kappa shape index (κ2) is 6.65. The monoisotopic (exact) mass is 287 g/mol. The molecule has 2 aromatic heterocycles. The van der Waals surface area contributed by atoms with Gasteiger partial charge in [-0.2, -0.15) is 4.98 Å². The van der Waals surface area contributed by atoms with Gasteiger partial charge in [0.25, 0.3) is 5.91 Å². The first-order chi connectivity index (χ1) is 10.1. The van der Waals surface area contributed by atoms with E-state index < -0.39 is 0 Å². The van der Waals surface area contributed by atoms with Crippen molar-refractivity contribution in [3.8, 4) is 5.88 Å². The van der Waals surface area contributed by atoms with E-state index >= 15 is 0 Å². The molecule has 0 fully saturated rings. The third kappa shape index (κ3) is 3.88. The fourth-order valence-corrected chi connectivity index (χ4v) is 1.73. The average Bonchev–Trinajstić information content (AvgIpc) is 2.47. The topological polar surface area (TPSA) is 89.0 Å². The van der Waals surface area contributed by atoms with E-state index in [9.17, 15) is 4.79 Å². The van der Waals surface area contributed by atoms with E-state index in [0.29, 0.717) is 11.6 Å². The number of nitrogens with zero attached hydrogens (tertiary/aromatic N) is 3. The highest BCUT2D eigenvalue weighted by Crippen LogP contribution is 2.13. The maximum absolute atomic E-state index is 12.2. The van der Waals surface area contributed by atoms with Gasteiger partial charge in [0.2, 0.25) is 11.8 Å². The molecule has 0 aromatic carbocycles. The van der Waals surface area contributed by atoms with Gasteiger partial charge in [-0.25, -0.2) is 4.98 Å². The van der Waals surface area contributed by atoms with Gasteiger partial charge in [0, 0.05) is 30.2 Å². The largest absolute Gasteiger partial charge is 0.481 e. The van der Waals surface area contributed by atoms with Gasteiger partial charge in [-0.3, -0.25) is 15.1 Å². The molecule has 0 saturated carbocycles. The van der Waals surface area contributed by atoms with E-state index in [1.54, 1.807) is 31.3 Å². The standard InChI is InChI=1S/C14H17N5O2/c1-4-15-10-5-6-16-11(8-10)13(20)19-14-17-9(2)7-12(18-14)21-3/h5-8H,4H2,1-3H3,(H,15,16)(H,17,18,19,20). The van der Waals surface area contributed by atoms with Crippen LogP contribution in [-0.2, 0) is 0 Å². The molecule has 0 saturated heterocycles. The molecule has 2 rings (SSSR count). The van der Waals surface area contributed by atoms with Crippen molar-refractivity contribution in [2.45, 2.75) is 13.8 Å². The van der Waals surface area contributed by atoms with E-state index in [-0.39, 0.29) is 17.5 Å². The number of aryl methyl sites for hydroxylation is 1. The van der Waals surface area contributed by atoms with Crippen LogP contribution < -0.4 is 15.4 Å². The molecule has 0 bridgehead atoms. The van der Waals surface area contributed by atoms with Crippen molar-refractivity contribution in [1.82, 2.24) is 15.0 Å². The molecular formula is C14H17N5O2. The third-order valence-electron chi connectivity index (χ3n) is 2.64. The Bertz CT molecular complexity index is 645. The molecule has 7 nitrogen and oxygen atoms in total. The number of aromatic nitrogens is 3. The lowest BCUT2D eigenvalue weighted by atomic mass is 10.3. The lowest BCUT2D eigenvalue weighted by Crippen LogP contribution is -2.16. The zero-order chi connectivity index (χ0) is 15.2. The van der Waals surface area contributed by atoms with Crippen molar-refractivity contribution in [3.63, 3.8) is 0 Å². The van der Waals surface area contributed by atoms with Crippen molar-refractivity contribution in [2.24, 2.45) is 0 Å². The number of rotatable bonds is 5. The molecule has 0 aliphatic carbocycles. The maximum atomic E-state index is 12.2. The molecule has 0 atom stereocenters. The molecule has 0 unspecified atom stereocenters. The SMILES string of the molecule is CCNc1ccnc(C(=O)Nc2nc(C)cc(OC)n2)c1. The Morgan fingerprint density at radius 1 is 1.33 bits per heavy atom. The van der Waals surface area contributed by atoms with Crippen molar-refractivity contribution in [2.75, 3.05) is 24.3 Å². The lowest BCUT2D eigenvalue weighted by Gasteiger charge is -2.07. The van der Waals surface area contributed by atoms with Crippen LogP contribution in [0.2, 0.25) is 0 Å². The fourth-order valence-electron chi connectivity index (χ4n) is 1.73. The quantitative estimate of drug-likeness (QED) is 0.872. The van der Waals surface area contributed by atoms with Gasteiger partial charge in [0.15, 0.2) is 0 Å². The van der Waals surface area contributed by atoms with E-state index in [4.69, 9.17) is 4.74 Å². The molecule has 2 N–H and O–H groups in total. The first-order valence-electron chi connectivity index (χ1n) is 6.53. The molecule has 0 aliphatic rings. The van der Waals surface area contributed by atoms with Gasteiger partial charge >= 0.3 is 0 Å². The Morgan fingerprint density at radius 2 is 2.14 bits per heavy atom. The summed E-state index contributed by atoms with van der Waals surface area (Å²) in [6.45, 7) is 4.54. The van der Waals surface area contributed by atoms with Crippen LogP contribution >= 0.6 is 0 Å². The van der Waals surface area contributed by atoms with Crippen LogP contribution in [0.5, 0.6) is 5.88 Å². The van der Waals surface area contributed by atoms with Gasteiger partial charge in [0.05, 0.1) is 7.11 Å². The molecule has 21 heavy (non-hydrogen) atoms. The van der Waals surface area contributed by atoms with E-state index in [1.165, 1.54) is 7.11 Å². The number of hydrogen-bond donors (Lipinski definition) is 2. The number of hydrogen-bond acceptors (Lipinski definition) is 6. The molecule has 7 heteroatoms. The second-order valence-electron chi connectivity index (χ2n) is 4.29. The second-order valence-corrected chi connectivity index (χ2v) is 4.29. The highest BCUT2D eigenvalue weighted by Gasteiger charge is 2.11. The smallest absolute Gasteiger partial charge is 0.276 e. The Kier molecular flexibility index (Phi) is 4.65. The Labute approximate surface area is 122 Å². The summed E-state index contributed by atoms with van der Waals surface area (Å²) >= 11 is 0. The van der Waals surface area contributed by atoms with Crippen molar-refractivity contribution in [3.05, 3.63) is 35.8 Å². The number of nitrogens with one attached hydrogen (secondary N) is 2. The predicted octanol–water partition coefficient (Wildman–Crippen LogP) is 1.87. The van der Waals surface area contributed by atoms with Gasteiger partial charge < -0.3 is 10.1 Å². The van der Waals surface area contributed by atoms with Gasteiger partial charge in [-0.15, -0.1) is 0 Å². The maximum Gasteiger partial charge on any atom is 0.276 e. The molecule has 110 valence electrons. The number of ether oxygens (including phenoxy) is 1. The fraction of sp³-hybridized carbons (Fsp3) is 0.286. The minimum atomic E-state index is -0.373. The van der Waals surface area contributed by atoms with E-state index in [2.05, 4.69) is 25.6 Å². The Morgan fingerprint density at radius 3 is 2.86 bits per heavy atom. The number of carbonyl (C=O) groups excluding carboxylic acids is 1. The van der Waals surface area contributed by atoms with Crippen LogP contribution in [0.4, 0.5) is 11.6 Å². The molecule has 0 spiro atoms. The molecular weight excluding hydrogens is 270 g/mol. The summed E-state index contributed by atoms with van der Waals surface area (Å²) in [5.74, 6) is 0.210. The number of pyridine rings is 1. The first-order valence-corrected chi connectivity index (χ1v) is 6.53. The zero-order valence-corrected chi connectivity index (χ0v) is 12.2. The van der Waals surface area contributed by atoms with Crippen molar-refractivity contribution in [1.29, 1.82) is 0 Å². The summed E-state index contributed by atoms with van der Waals surface area (Å²) in [6.07, 6.45) is 1.57. The molecule has 1 amide bonds. The normalized spacial score (nSPS) is 10.0. The number of carbonyl (C=O) groups is 1. The number of anilines is 2. The predicted molar refractivity (Wildman–Crippen MR) is 79.7 cm³/mol. The highest BCUT2D eigenvalue weighted by molar-refractivity contribution is 6.02. The Balaban J connectivity index is 2.17. The van der Waals surface area contributed by atoms with Crippen molar-refractivity contribution < 1.29 is 9.53 Å². The molecule has 2 heterocycles. The zero-order valence-electron chi connectivity index (χ0n) is 12.2. The third-order valence-corrected chi connectivity index (χ3v) is 2.64. The highest BCUT2D eigenvalue weighted by atomic mass is 16.5. The summed E-state index contributed by atoms with van der Waals surface area (Å²) in [6, 6.07) is 5.15. The van der Waals surface area contributed by atoms with Crippen molar-refractivity contribution >= 4 is 17.5 Å². The summed E-state index contributed by atoms with van der Waals surface area (Å²) in [5, 5.41) is 5.73. The minimum Gasteiger partial charge on any atom is -0.481 e. The summed E-state index contributed by atoms with van der Waals surface area (Å²) in [4.78, 5) is 24.4. The van der Waals surface area contributed by atoms with Crippen LogP contribution in [0.1, 0.15) is 23.1 Å². The number of amides is 1. The van der Waals surface area contributed by atoms with Crippen LogP contribution in [0.25, 0.3) is 0 Å². The van der Waals surface area contributed by atoms with Crippen LogP contribution in [0, 0.1) is 6.92 Å². The van der Waals surface area contributed by atoms with Crippen LogP contribution in [-0.4, -0.2) is 34.5 Å². The van der Waals surface area contributed by atoms with Gasteiger partial charge in [-0.1, -0.05) is 0 Å².